The van der Waals surface area contributed by atoms with Crippen LogP contribution in [0.1, 0.15) is 65.5 Å². The fraction of sp³-hybridized carbons (Fsp3) is 0.586. The standard InChI is InChI=1S/C29H39F2N6O8P/c1-4-41-25-23-24(34-27(32)35-25)37(17-33-23)22-15-28(39,19(3)30)29(31,44-22)16-42-46(40,45-21-13-9-6-10-14-21)36-18(2)26(38)43-20-11-7-5-8-12-20/h6,9-10,13-14,17-20,22,39H,4-5,7-8,11-12,15-16H2,1-3H3,(H,36,40)(H2,32,34,35)/t18?,19?,22-,28-,29-,46-/m1/s1. The van der Waals surface area contributed by atoms with Gasteiger partial charge in [0.2, 0.25) is 11.8 Å². The second-order valence-electron chi connectivity index (χ2n) is 11.4. The molecule has 1 aliphatic heterocycles. The van der Waals surface area contributed by atoms with Crippen molar-refractivity contribution in [3.63, 3.8) is 0 Å². The molecule has 0 radical (unpaired) electrons. The first-order valence-corrected chi connectivity index (χ1v) is 16.7. The summed E-state index contributed by atoms with van der Waals surface area (Å²) < 4.78 is 74.9. The minimum absolute atomic E-state index is 0.0747. The van der Waals surface area contributed by atoms with Crippen LogP contribution in [-0.2, 0) is 23.4 Å². The van der Waals surface area contributed by atoms with Crippen molar-refractivity contribution in [3.05, 3.63) is 36.7 Å². The zero-order valence-corrected chi connectivity index (χ0v) is 26.7. The normalized spacial score (nSPS) is 26.3. The summed E-state index contributed by atoms with van der Waals surface area (Å²) in [5, 5.41) is 13.9. The molecule has 0 amide bonds. The van der Waals surface area contributed by atoms with E-state index in [9.17, 15) is 14.5 Å². The quantitative estimate of drug-likeness (QED) is 0.171. The van der Waals surface area contributed by atoms with Crippen LogP contribution < -0.4 is 20.1 Å². The summed E-state index contributed by atoms with van der Waals surface area (Å²) in [6, 6.07) is 6.65. The maximum Gasteiger partial charge on any atom is 0.459 e. The van der Waals surface area contributed by atoms with Crippen molar-refractivity contribution in [2.24, 2.45) is 0 Å². The minimum Gasteiger partial charge on any atom is -0.476 e. The van der Waals surface area contributed by atoms with Crippen LogP contribution in [0.25, 0.3) is 11.2 Å². The van der Waals surface area contributed by atoms with Crippen LogP contribution >= 0.6 is 7.75 Å². The highest BCUT2D eigenvalue weighted by atomic mass is 31.2. The average molecular weight is 669 g/mol. The first-order chi connectivity index (χ1) is 21.9. The third-order valence-electron chi connectivity index (χ3n) is 8.04. The molecule has 6 atom stereocenters. The minimum atomic E-state index is -4.60. The Bertz CT molecular complexity index is 1560. The van der Waals surface area contributed by atoms with E-state index in [1.54, 1.807) is 25.1 Å². The van der Waals surface area contributed by atoms with Crippen LogP contribution in [0.15, 0.2) is 36.7 Å². The fourth-order valence-corrected chi connectivity index (χ4v) is 7.02. The van der Waals surface area contributed by atoms with Crippen LogP contribution in [-0.4, -0.2) is 73.6 Å². The molecule has 3 heterocycles. The van der Waals surface area contributed by atoms with Gasteiger partial charge in [-0.05, 0) is 58.6 Å². The highest BCUT2D eigenvalue weighted by molar-refractivity contribution is 7.52. The van der Waals surface area contributed by atoms with E-state index in [0.717, 1.165) is 26.2 Å². The number of rotatable bonds is 13. The lowest BCUT2D eigenvalue weighted by Crippen LogP contribution is -2.56. The number of halogens is 2. The summed E-state index contributed by atoms with van der Waals surface area (Å²) in [6.45, 7) is 3.08. The lowest BCUT2D eigenvalue weighted by Gasteiger charge is -2.35. The van der Waals surface area contributed by atoms with E-state index in [2.05, 4.69) is 20.0 Å². The zero-order chi connectivity index (χ0) is 33.1. The van der Waals surface area contributed by atoms with Crippen molar-refractivity contribution in [1.82, 2.24) is 24.6 Å². The topological polar surface area (TPSA) is 182 Å². The number of imidazole rings is 1. The predicted octanol–water partition coefficient (Wildman–Crippen LogP) is 4.54. The highest BCUT2D eigenvalue weighted by Gasteiger charge is 2.65. The summed E-state index contributed by atoms with van der Waals surface area (Å²) in [6.07, 6.45) is 1.14. The molecule has 0 spiro atoms. The Morgan fingerprint density at radius 3 is 2.63 bits per heavy atom. The number of aliphatic hydroxyl groups is 1. The Kier molecular flexibility index (Phi) is 10.1. The third kappa shape index (κ3) is 7.10. The smallest absolute Gasteiger partial charge is 0.459 e. The van der Waals surface area contributed by atoms with Gasteiger partial charge in [0.15, 0.2) is 16.8 Å². The van der Waals surface area contributed by atoms with Crippen molar-refractivity contribution in [2.45, 2.75) is 95.3 Å². The SMILES string of the molecule is CCOc1nc(N)nc2c1ncn2[C@H]1C[C@@](O)(C(C)F)[C@@](F)(CO[P@](=O)(NC(C)C(=O)OC2CCCCC2)Oc2ccccc2)O1. The molecule has 5 rings (SSSR count). The lowest BCUT2D eigenvalue weighted by molar-refractivity contribution is -0.250. The number of fused-ring (bicyclic) bond motifs is 1. The van der Waals surface area contributed by atoms with E-state index in [4.69, 9.17) is 29.0 Å². The molecule has 2 fully saturated rings. The Morgan fingerprint density at radius 1 is 1.24 bits per heavy atom. The van der Waals surface area contributed by atoms with Gasteiger partial charge in [0.25, 0.3) is 5.85 Å². The largest absolute Gasteiger partial charge is 0.476 e. The number of para-hydroxylation sites is 1. The number of nitrogens with two attached hydrogens (primary N) is 1. The van der Waals surface area contributed by atoms with E-state index < -0.39 is 56.6 Å². The van der Waals surface area contributed by atoms with Gasteiger partial charge in [0, 0.05) is 6.42 Å². The molecule has 46 heavy (non-hydrogen) atoms. The lowest BCUT2D eigenvalue weighted by atomic mass is 9.89. The van der Waals surface area contributed by atoms with E-state index >= 15 is 8.78 Å². The predicted molar refractivity (Wildman–Crippen MR) is 161 cm³/mol. The molecule has 1 aromatic carbocycles. The van der Waals surface area contributed by atoms with Gasteiger partial charge in [-0.2, -0.15) is 15.1 Å². The summed E-state index contributed by atoms with van der Waals surface area (Å²) in [5.41, 5.74) is 3.31. The molecule has 0 bridgehead atoms. The van der Waals surface area contributed by atoms with Crippen LogP contribution in [0.4, 0.5) is 14.7 Å². The molecule has 14 nitrogen and oxygen atoms in total. The van der Waals surface area contributed by atoms with Crippen molar-refractivity contribution >= 4 is 30.8 Å². The number of hydrogen-bond donors (Lipinski definition) is 3. The van der Waals surface area contributed by atoms with Crippen LogP contribution in [0.2, 0.25) is 0 Å². The summed E-state index contributed by atoms with van der Waals surface area (Å²) in [5.74, 6) is -3.99. The number of nitrogens with zero attached hydrogens (tertiary/aromatic N) is 4. The van der Waals surface area contributed by atoms with Gasteiger partial charge in [0.05, 0.1) is 12.9 Å². The first-order valence-electron chi connectivity index (χ1n) is 15.2. The Morgan fingerprint density at radius 2 is 1.96 bits per heavy atom. The fourth-order valence-electron chi connectivity index (χ4n) is 5.52. The zero-order valence-electron chi connectivity index (χ0n) is 25.8. The van der Waals surface area contributed by atoms with Crippen LogP contribution in [0.5, 0.6) is 11.6 Å². The molecule has 1 saturated heterocycles. The molecular formula is C29H39F2N6O8P. The van der Waals surface area contributed by atoms with E-state index in [1.165, 1.54) is 30.0 Å². The number of anilines is 1. The van der Waals surface area contributed by atoms with Crippen LogP contribution in [0.3, 0.4) is 0 Å². The maximum atomic E-state index is 16.8. The molecule has 1 aliphatic carbocycles. The van der Waals surface area contributed by atoms with Crippen molar-refractivity contribution < 1.29 is 46.5 Å². The number of hydrogen-bond acceptors (Lipinski definition) is 12. The Labute approximate surface area is 264 Å². The van der Waals surface area contributed by atoms with Crippen molar-refractivity contribution in [3.8, 4) is 11.6 Å². The highest BCUT2D eigenvalue weighted by Crippen LogP contribution is 2.53. The number of ether oxygens (including phenoxy) is 3. The average Bonchev–Trinajstić information content (AvgIpc) is 3.56. The summed E-state index contributed by atoms with van der Waals surface area (Å²) >= 11 is 0. The Hall–Kier alpha value is -3.43. The van der Waals surface area contributed by atoms with E-state index in [-0.39, 0.29) is 41.5 Å². The second kappa shape index (κ2) is 13.7. The van der Waals surface area contributed by atoms with Gasteiger partial charge in [-0.15, -0.1) is 0 Å². The number of nitrogens with one attached hydrogen (secondary N) is 1. The van der Waals surface area contributed by atoms with E-state index in [0.29, 0.717) is 12.8 Å². The molecule has 17 heteroatoms. The summed E-state index contributed by atoms with van der Waals surface area (Å²) in [7, 11) is -4.60. The molecule has 1 saturated carbocycles. The number of aromatic nitrogens is 4. The van der Waals surface area contributed by atoms with Gasteiger partial charge in [-0.3, -0.25) is 13.9 Å². The van der Waals surface area contributed by atoms with Gasteiger partial charge in [-0.25, -0.2) is 18.3 Å². The van der Waals surface area contributed by atoms with Crippen molar-refractivity contribution in [1.29, 1.82) is 0 Å². The van der Waals surface area contributed by atoms with Gasteiger partial charge in [-0.1, -0.05) is 24.6 Å². The molecule has 3 aromatic rings. The molecule has 2 aromatic heterocycles. The van der Waals surface area contributed by atoms with Crippen LogP contribution in [0, 0.1) is 0 Å². The van der Waals surface area contributed by atoms with Gasteiger partial charge < -0.3 is 29.6 Å². The van der Waals surface area contributed by atoms with E-state index in [1.807, 2.05) is 0 Å². The molecule has 2 aliphatic rings. The van der Waals surface area contributed by atoms with Crippen molar-refractivity contribution in [2.75, 3.05) is 18.9 Å². The Balaban J connectivity index is 1.39. The number of carbonyl (C=O) groups is 1. The third-order valence-corrected chi connectivity index (χ3v) is 9.66. The van der Waals surface area contributed by atoms with Gasteiger partial charge >= 0.3 is 13.7 Å². The molecule has 2 unspecified atom stereocenters. The maximum absolute atomic E-state index is 16.8. The number of esters is 1. The number of carbonyl (C=O) groups excluding carboxylic acids is 1. The molecular weight excluding hydrogens is 629 g/mol. The first kappa shape index (κ1) is 33.9. The second-order valence-corrected chi connectivity index (χ2v) is 13.1. The molecule has 252 valence electrons. The number of nitrogen functional groups attached to an aromatic ring is 1. The number of benzene rings is 1. The number of alkyl halides is 2. The monoisotopic (exact) mass is 668 g/mol. The van der Waals surface area contributed by atoms with Gasteiger partial charge in [0.1, 0.15) is 36.9 Å². The summed E-state index contributed by atoms with van der Waals surface area (Å²) in [4.78, 5) is 25.3. The molecule has 4 N–H and O–H groups in total.